The van der Waals surface area contributed by atoms with Crippen LogP contribution >= 0.6 is 0 Å². The van der Waals surface area contributed by atoms with Crippen molar-refractivity contribution in [3.8, 4) is 22.8 Å². The predicted octanol–water partition coefficient (Wildman–Crippen LogP) is 4.81. The molecular weight excluding hydrogens is 409 g/mol. The zero-order chi connectivity index (χ0) is 18.3. The molecule has 2 aromatic heterocycles. The third-order valence-corrected chi connectivity index (χ3v) is 3.99. The van der Waals surface area contributed by atoms with Crippen LogP contribution in [0.2, 0.25) is 0 Å². The molecule has 4 aromatic rings. The fraction of sp³-hybridized carbons (Fsp3) is 0.0526. The van der Waals surface area contributed by atoms with Crippen LogP contribution in [-0.4, -0.2) is 19.6 Å². The molecule has 0 fully saturated rings. The van der Waals surface area contributed by atoms with Crippen LogP contribution in [0.15, 0.2) is 66.9 Å². The van der Waals surface area contributed by atoms with Gasteiger partial charge in [0, 0.05) is 31.4 Å². The number of fused-ring (bicyclic) bond motifs is 1. The Morgan fingerprint density at radius 1 is 0.926 bits per heavy atom. The normalized spacial score (nSPS) is 11.4. The van der Waals surface area contributed by atoms with Gasteiger partial charge in [-0.1, -0.05) is 18.2 Å². The van der Waals surface area contributed by atoms with Crippen LogP contribution in [0.4, 0.5) is 13.2 Å². The van der Waals surface area contributed by atoms with Crippen LogP contribution in [0.25, 0.3) is 28.2 Å². The molecule has 1 N–H and O–H groups in total. The van der Waals surface area contributed by atoms with Gasteiger partial charge < -0.3 is 5.11 Å². The molecule has 0 radical (unpaired) electrons. The van der Waals surface area contributed by atoms with Gasteiger partial charge in [-0.3, -0.25) is 4.57 Å². The first kappa shape index (κ1) is 19.0. The van der Waals surface area contributed by atoms with Crippen LogP contribution in [0.5, 0.6) is 5.75 Å². The topological polar surface area (TPSA) is 50.9 Å². The van der Waals surface area contributed by atoms with E-state index in [4.69, 9.17) is 0 Å². The second-order valence-corrected chi connectivity index (χ2v) is 5.68. The molecule has 4 rings (SSSR count). The first-order valence-electron chi connectivity index (χ1n) is 7.74. The summed E-state index contributed by atoms with van der Waals surface area (Å²) in [4.78, 5) is 8.73. The van der Waals surface area contributed by atoms with Crippen LogP contribution in [0.1, 0.15) is 5.56 Å². The summed E-state index contributed by atoms with van der Waals surface area (Å²) in [5, 5.41) is 10.2. The van der Waals surface area contributed by atoms with Crippen LogP contribution in [0.3, 0.4) is 0 Å². The average molecular weight is 421 g/mol. The minimum atomic E-state index is -4.46. The zero-order valence-electron chi connectivity index (χ0n) is 14.0. The molecule has 0 atom stereocenters. The molecule has 0 bridgehead atoms. The Morgan fingerprint density at radius 3 is 2.44 bits per heavy atom. The van der Waals surface area contributed by atoms with Crippen LogP contribution in [0, 0.1) is 0 Å². The Labute approximate surface area is 165 Å². The molecule has 8 heteroatoms. The number of para-hydroxylation sites is 1. The molecule has 2 heterocycles. The average Bonchev–Trinajstić information content (AvgIpc) is 3.01. The largest absolute Gasteiger partial charge is 0.507 e. The standard InChI is InChI=1S/C19H12F3N3O.Zn/c20-19(21,22)12-5-3-6-13(11-12)25-17(14-7-1-2-9-16(14)26)24-15-8-4-10-23-18(15)25;/h1-11,26H;. The second-order valence-electron chi connectivity index (χ2n) is 5.68. The van der Waals surface area contributed by atoms with Gasteiger partial charge in [0.1, 0.15) is 11.3 Å². The van der Waals surface area contributed by atoms with Crippen LogP contribution < -0.4 is 0 Å². The first-order chi connectivity index (χ1) is 12.4. The van der Waals surface area contributed by atoms with Crippen molar-refractivity contribution in [2.75, 3.05) is 0 Å². The van der Waals surface area contributed by atoms with Gasteiger partial charge in [-0.2, -0.15) is 13.2 Å². The third kappa shape index (κ3) is 3.45. The second kappa shape index (κ2) is 7.12. The smallest absolute Gasteiger partial charge is 0.416 e. The van der Waals surface area contributed by atoms with Crippen molar-refractivity contribution < 1.29 is 37.8 Å². The number of nitrogens with zero attached hydrogens (tertiary/aromatic N) is 3. The van der Waals surface area contributed by atoms with E-state index in [1.807, 2.05) is 0 Å². The van der Waals surface area contributed by atoms with Gasteiger partial charge in [0.15, 0.2) is 11.5 Å². The predicted molar refractivity (Wildman–Crippen MR) is 91.0 cm³/mol. The monoisotopic (exact) mass is 419 g/mol. The Bertz CT molecular complexity index is 1110. The molecule has 0 aliphatic rings. The number of benzene rings is 2. The fourth-order valence-electron chi connectivity index (χ4n) is 2.82. The Balaban J connectivity index is 0.00000210. The summed E-state index contributed by atoms with van der Waals surface area (Å²) in [6.07, 6.45) is -2.92. The number of rotatable bonds is 2. The van der Waals surface area contributed by atoms with Gasteiger partial charge in [-0.25, -0.2) is 9.97 Å². The molecule has 0 spiro atoms. The Hall–Kier alpha value is -2.73. The van der Waals surface area contributed by atoms with Crippen molar-refractivity contribution in [3.63, 3.8) is 0 Å². The van der Waals surface area contributed by atoms with Gasteiger partial charge in [0.2, 0.25) is 0 Å². The van der Waals surface area contributed by atoms with E-state index in [-0.39, 0.29) is 30.9 Å². The maximum atomic E-state index is 13.1. The molecule has 0 saturated carbocycles. The molecule has 2 aromatic carbocycles. The van der Waals surface area contributed by atoms with Crippen molar-refractivity contribution >= 4 is 11.2 Å². The molecule has 0 amide bonds. The van der Waals surface area contributed by atoms with E-state index in [9.17, 15) is 18.3 Å². The number of imidazole rings is 1. The molecule has 0 aliphatic heterocycles. The number of hydrogen-bond acceptors (Lipinski definition) is 3. The molecule has 27 heavy (non-hydrogen) atoms. The number of pyridine rings is 1. The number of aromatic nitrogens is 3. The van der Waals surface area contributed by atoms with Crippen LogP contribution in [-0.2, 0) is 25.7 Å². The summed E-state index contributed by atoms with van der Waals surface area (Å²) < 4.78 is 40.9. The van der Waals surface area contributed by atoms with Gasteiger partial charge in [0.25, 0.3) is 0 Å². The SMILES string of the molecule is Oc1ccccc1-c1nc2cccnc2n1-c1cccc(C(F)(F)F)c1.[Zn]. The number of aromatic hydroxyl groups is 1. The third-order valence-electron chi connectivity index (χ3n) is 3.99. The molecule has 4 nitrogen and oxygen atoms in total. The number of hydrogen-bond donors (Lipinski definition) is 1. The van der Waals surface area contributed by atoms with E-state index in [0.717, 1.165) is 12.1 Å². The number of halogens is 3. The number of phenols is 1. The van der Waals surface area contributed by atoms with E-state index in [1.54, 1.807) is 42.6 Å². The van der Waals surface area contributed by atoms with E-state index in [2.05, 4.69) is 9.97 Å². The fourth-order valence-corrected chi connectivity index (χ4v) is 2.82. The maximum Gasteiger partial charge on any atom is 0.416 e. The Kier molecular flexibility index (Phi) is 5.02. The quantitative estimate of drug-likeness (QED) is 0.474. The molecule has 0 unspecified atom stereocenters. The summed E-state index contributed by atoms with van der Waals surface area (Å²) in [6, 6.07) is 14.9. The van der Waals surface area contributed by atoms with E-state index < -0.39 is 11.7 Å². The van der Waals surface area contributed by atoms with Gasteiger partial charge in [-0.05, 0) is 42.5 Å². The molecule has 0 saturated heterocycles. The number of alkyl halides is 3. The van der Waals surface area contributed by atoms with E-state index >= 15 is 0 Å². The minimum absolute atomic E-state index is 0. The van der Waals surface area contributed by atoms with E-state index in [1.165, 1.54) is 16.7 Å². The van der Waals surface area contributed by atoms with E-state index in [0.29, 0.717) is 22.6 Å². The maximum absolute atomic E-state index is 13.1. The van der Waals surface area contributed by atoms with Gasteiger partial charge in [-0.15, -0.1) is 0 Å². The number of phenolic OH excluding ortho intramolecular Hbond substituents is 1. The zero-order valence-corrected chi connectivity index (χ0v) is 16.9. The Morgan fingerprint density at radius 2 is 1.70 bits per heavy atom. The van der Waals surface area contributed by atoms with Crippen molar-refractivity contribution in [1.29, 1.82) is 0 Å². The van der Waals surface area contributed by atoms with Crippen molar-refractivity contribution in [2.24, 2.45) is 0 Å². The molecule has 0 aliphatic carbocycles. The molecular formula is C19H12F3N3OZn. The summed E-state index contributed by atoms with van der Waals surface area (Å²) in [7, 11) is 0. The minimum Gasteiger partial charge on any atom is -0.507 e. The summed E-state index contributed by atoms with van der Waals surface area (Å²) in [5.41, 5.74) is 0.825. The summed E-state index contributed by atoms with van der Waals surface area (Å²) in [6.45, 7) is 0. The summed E-state index contributed by atoms with van der Waals surface area (Å²) >= 11 is 0. The van der Waals surface area contributed by atoms with Crippen molar-refractivity contribution in [3.05, 3.63) is 72.4 Å². The first-order valence-corrected chi connectivity index (χ1v) is 7.74. The molecule has 132 valence electrons. The van der Waals surface area contributed by atoms with Crippen molar-refractivity contribution in [2.45, 2.75) is 6.18 Å². The van der Waals surface area contributed by atoms with Crippen molar-refractivity contribution in [1.82, 2.24) is 14.5 Å². The van der Waals surface area contributed by atoms with Gasteiger partial charge in [0.05, 0.1) is 11.1 Å². The summed E-state index contributed by atoms with van der Waals surface area (Å²) in [5.74, 6) is 0.298. The van der Waals surface area contributed by atoms with Gasteiger partial charge >= 0.3 is 6.18 Å².